The van der Waals surface area contributed by atoms with Gasteiger partial charge in [-0.2, -0.15) is 0 Å². The maximum atomic E-state index is 12.0. The highest BCUT2D eigenvalue weighted by atomic mass is 32.2. The smallest absolute Gasteiger partial charge is 0.228 e. The summed E-state index contributed by atoms with van der Waals surface area (Å²) in [6, 6.07) is -0.141. The minimum absolute atomic E-state index is 0.0274. The first-order valence-electron chi connectivity index (χ1n) is 5.54. The van der Waals surface area contributed by atoms with Crippen molar-refractivity contribution in [1.82, 2.24) is 4.90 Å². The molecule has 0 radical (unpaired) electrons. The van der Waals surface area contributed by atoms with Gasteiger partial charge < -0.3 is 9.64 Å². The van der Waals surface area contributed by atoms with Gasteiger partial charge in [0.1, 0.15) is 0 Å². The monoisotopic (exact) mass is 247 g/mol. The minimum atomic E-state index is -2.92. The van der Waals surface area contributed by atoms with Gasteiger partial charge in [-0.15, -0.1) is 0 Å². The summed E-state index contributed by atoms with van der Waals surface area (Å²) in [6.07, 6.45) is 1.32. The topological polar surface area (TPSA) is 63.7 Å². The second kappa shape index (κ2) is 4.33. The Morgan fingerprint density at radius 3 is 2.62 bits per heavy atom. The van der Waals surface area contributed by atoms with Gasteiger partial charge in [0.2, 0.25) is 5.91 Å². The van der Waals surface area contributed by atoms with E-state index in [9.17, 15) is 13.2 Å². The molecule has 0 aromatic carbocycles. The van der Waals surface area contributed by atoms with Crippen molar-refractivity contribution in [2.24, 2.45) is 5.92 Å². The van der Waals surface area contributed by atoms with Crippen LogP contribution in [-0.2, 0) is 19.4 Å². The van der Waals surface area contributed by atoms with E-state index in [2.05, 4.69) is 0 Å². The Balaban J connectivity index is 1.97. The van der Waals surface area contributed by atoms with Gasteiger partial charge in [0.15, 0.2) is 9.84 Å². The molecule has 0 spiro atoms. The lowest BCUT2D eigenvalue weighted by Gasteiger charge is -2.25. The van der Waals surface area contributed by atoms with Crippen LogP contribution in [-0.4, -0.2) is 57.0 Å². The lowest BCUT2D eigenvalue weighted by Crippen LogP contribution is -2.41. The van der Waals surface area contributed by atoms with Crippen molar-refractivity contribution in [3.63, 3.8) is 0 Å². The molecule has 92 valence electrons. The number of sulfone groups is 1. The molecular formula is C10H17NO4S. The van der Waals surface area contributed by atoms with E-state index in [4.69, 9.17) is 4.74 Å². The average Bonchev–Trinajstić information content (AvgIpc) is 2.84. The summed E-state index contributed by atoms with van der Waals surface area (Å²) in [5.74, 6) is 0.270. The third-order valence-electron chi connectivity index (χ3n) is 3.38. The highest BCUT2D eigenvalue weighted by Crippen LogP contribution is 2.21. The van der Waals surface area contributed by atoms with Gasteiger partial charge in [0.05, 0.1) is 24.0 Å². The zero-order valence-corrected chi connectivity index (χ0v) is 10.2. The molecule has 2 atom stereocenters. The molecule has 2 rings (SSSR count). The first-order chi connectivity index (χ1) is 7.49. The van der Waals surface area contributed by atoms with Crippen LogP contribution < -0.4 is 0 Å². The van der Waals surface area contributed by atoms with Gasteiger partial charge in [-0.1, -0.05) is 0 Å². The van der Waals surface area contributed by atoms with Crippen molar-refractivity contribution in [2.75, 3.05) is 31.8 Å². The largest absolute Gasteiger partial charge is 0.381 e. The molecule has 6 heteroatoms. The summed E-state index contributed by atoms with van der Waals surface area (Å²) < 4.78 is 27.8. The molecule has 5 nitrogen and oxygen atoms in total. The van der Waals surface area contributed by atoms with E-state index in [1.807, 2.05) is 0 Å². The van der Waals surface area contributed by atoms with Crippen LogP contribution in [0, 0.1) is 5.92 Å². The summed E-state index contributed by atoms with van der Waals surface area (Å²) in [6.45, 7) is 1.11. The van der Waals surface area contributed by atoms with E-state index in [-0.39, 0.29) is 29.4 Å². The molecule has 1 amide bonds. The third-order valence-corrected chi connectivity index (χ3v) is 5.13. The van der Waals surface area contributed by atoms with Gasteiger partial charge in [-0.25, -0.2) is 8.42 Å². The van der Waals surface area contributed by atoms with E-state index >= 15 is 0 Å². The molecule has 0 aromatic rings. The first-order valence-corrected chi connectivity index (χ1v) is 7.36. The maximum absolute atomic E-state index is 12.0. The Labute approximate surface area is 95.7 Å². The molecule has 2 heterocycles. The van der Waals surface area contributed by atoms with Crippen LogP contribution in [0.1, 0.15) is 12.8 Å². The zero-order chi connectivity index (χ0) is 11.8. The Morgan fingerprint density at radius 2 is 2.12 bits per heavy atom. The number of hydrogen-bond acceptors (Lipinski definition) is 4. The molecule has 0 bridgehead atoms. The number of carbonyl (C=O) groups excluding carboxylic acids is 1. The third kappa shape index (κ3) is 2.38. The van der Waals surface area contributed by atoms with Crippen LogP contribution in [0.5, 0.6) is 0 Å². The maximum Gasteiger partial charge on any atom is 0.228 e. The second-order valence-electron chi connectivity index (χ2n) is 4.57. The van der Waals surface area contributed by atoms with Crippen LogP contribution in [0.2, 0.25) is 0 Å². The zero-order valence-electron chi connectivity index (χ0n) is 9.39. The fourth-order valence-electron chi connectivity index (χ4n) is 2.28. The van der Waals surface area contributed by atoms with Gasteiger partial charge in [-0.05, 0) is 12.8 Å². The van der Waals surface area contributed by atoms with Crippen molar-refractivity contribution in [2.45, 2.75) is 18.9 Å². The van der Waals surface area contributed by atoms with E-state index in [1.54, 1.807) is 11.9 Å². The predicted molar refractivity (Wildman–Crippen MR) is 58.8 cm³/mol. The first kappa shape index (κ1) is 11.9. The molecule has 0 aromatic heterocycles. The van der Waals surface area contributed by atoms with E-state index in [1.165, 1.54) is 0 Å². The number of hydrogen-bond donors (Lipinski definition) is 0. The van der Waals surface area contributed by atoms with Gasteiger partial charge in [-0.3, -0.25) is 4.79 Å². The van der Waals surface area contributed by atoms with Gasteiger partial charge in [0.25, 0.3) is 0 Å². The van der Waals surface area contributed by atoms with Crippen LogP contribution in [0.15, 0.2) is 0 Å². The normalized spacial score (nSPS) is 32.8. The Bertz CT molecular complexity index is 372. The fourth-order valence-corrected chi connectivity index (χ4v) is 4.05. The molecule has 2 saturated heterocycles. The fraction of sp³-hybridized carbons (Fsp3) is 0.900. The van der Waals surface area contributed by atoms with Gasteiger partial charge in [0, 0.05) is 19.7 Å². The van der Waals surface area contributed by atoms with Gasteiger partial charge >= 0.3 is 0 Å². The van der Waals surface area contributed by atoms with Crippen LogP contribution >= 0.6 is 0 Å². The lowest BCUT2D eigenvalue weighted by molar-refractivity contribution is -0.135. The molecule has 2 unspecified atom stereocenters. The minimum Gasteiger partial charge on any atom is -0.381 e. The van der Waals surface area contributed by atoms with E-state index in [0.29, 0.717) is 19.6 Å². The molecule has 0 aliphatic carbocycles. The highest BCUT2D eigenvalue weighted by molar-refractivity contribution is 7.91. The number of amides is 1. The number of nitrogens with zero attached hydrogens (tertiary/aromatic N) is 1. The second-order valence-corrected chi connectivity index (χ2v) is 6.80. The summed E-state index contributed by atoms with van der Waals surface area (Å²) in [5, 5.41) is 0. The van der Waals surface area contributed by atoms with Crippen LogP contribution in [0.4, 0.5) is 0 Å². The number of carbonyl (C=O) groups is 1. The van der Waals surface area contributed by atoms with Crippen molar-refractivity contribution in [1.29, 1.82) is 0 Å². The summed E-state index contributed by atoms with van der Waals surface area (Å²) in [5.41, 5.74) is 0. The Hall–Kier alpha value is -0.620. The summed E-state index contributed by atoms with van der Waals surface area (Å²) >= 11 is 0. The number of ether oxygens (including phenoxy) is 1. The summed E-state index contributed by atoms with van der Waals surface area (Å²) in [4.78, 5) is 13.6. The molecule has 0 N–H and O–H groups in total. The molecule has 2 aliphatic rings. The Morgan fingerprint density at radius 1 is 1.38 bits per heavy atom. The standard InChI is InChI=1S/C10H17NO4S/c1-11(9-3-5-16(13,14)7-9)10(12)8-2-4-15-6-8/h8-9H,2-7H2,1H3. The van der Waals surface area contributed by atoms with Crippen LogP contribution in [0.3, 0.4) is 0 Å². The molecule has 2 fully saturated rings. The predicted octanol–water partition coefficient (Wildman–Crippen LogP) is -0.332. The number of rotatable bonds is 2. The highest BCUT2D eigenvalue weighted by Gasteiger charge is 2.35. The van der Waals surface area contributed by atoms with Crippen LogP contribution in [0.25, 0.3) is 0 Å². The van der Waals surface area contributed by atoms with Crippen molar-refractivity contribution in [3.8, 4) is 0 Å². The molecule has 16 heavy (non-hydrogen) atoms. The molecular weight excluding hydrogens is 230 g/mol. The SMILES string of the molecule is CN(C(=O)C1CCOC1)C1CCS(=O)(=O)C1. The average molecular weight is 247 g/mol. The molecule has 2 aliphatic heterocycles. The van der Waals surface area contributed by atoms with E-state index < -0.39 is 9.84 Å². The summed E-state index contributed by atoms with van der Waals surface area (Å²) in [7, 11) is -1.22. The quantitative estimate of drug-likeness (QED) is 0.670. The Kier molecular flexibility index (Phi) is 3.21. The van der Waals surface area contributed by atoms with Crippen molar-refractivity contribution in [3.05, 3.63) is 0 Å². The van der Waals surface area contributed by atoms with Crippen molar-refractivity contribution >= 4 is 15.7 Å². The molecule has 0 saturated carbocycles. The van der Waals surface area contributed by atoms with Crippen molar-refractivity contribution < 1.29 is 17.9 Å². The lowest BCUT2D eigenvalue weighted by atomic mass is 10.1. The van der Waals surface area contributed by atoms with E-state index in [0.717, 1.165) is 6.42 Å².